The molecular weight excluding hydrogens is 286 g/mol. The molecule has 5 nitrogen and oxygen atoms in total. The molecule has 0 saturated carbocycles. The summed E-state index contributed by atoms with van der Waals surface area (Å²) < 4.78 is 28.3. The predicted octanol–water partition coefficient (Wildman–Crippen LogP) is 3.13. The number of aromatic nitrogens is 2. The molecule has 0 atom stereocenters. The van der Waals surface area contributed by atoms with Crippen LogP contribution in [0.3, 0.4) is 0 Å². The Labute approximate surface area is 118 Å². The molecular formula is C12H12F2N4OS. The van der Waals surface area contributed by atoms with Crippen LogP contribution < -0.4 is 15.8 Å². The minimum atomic E-state index is -2.83. The van der Waals surface area contributed by atoms with E-state index in [1.807, 2.05) is 6.26 Å². The Morgan fingerprint density at radius 2 is 1.95 bits per heavy atom. The molecule has 1 heterocycles. The van der Waals surface area contributed by atoms with Gasteiger partial charge in [-0.1, -0.05) is 11.8 Å². The number of benzene rings is 1. The molecule has 0 spiro atoms. The van der Waals surface area contributed by atoms with Crippen LogP contribution in [0.25, 0.3) is 0 Å². The van der Waals surface area contributed by atoms with Gasteiger partial charge in [-0.15, -0.1) is 0 Å². The molecule has 1 aromatic carbocycles. The molecule has 0 radical (unpaired) electrons. The van der Waals surface area contributed by atoms with Crippen LogP contribution in [0.4, 0.5) is 26.1 Å². The van der Waals surface area contributed by atoms with Gasteiger partial charge in [-0.2, -0.15) is 8.78 Å². The van der Waals surface area contributed by atoms with Gasteiger partial charge >= 0.3 is 6.61 Å². The SMILES string of the molecule is CSc1nc(N)cc(Nc2ccc(OC(F)F)cc2)n1. The highest BCUT2D eigenvalue weighted by atomic mass is 32.2. The Balaban J connectivity index is 2.11. The molecule has 1 aromatic heterocycles. The monoisotopic (exact) mass is 298 g/mol. The van der Waals surface area contributed by atoms with E-state index >= 15 is 0 Å². The number of hydrogen-bond donors (Lipinski definition) is 2. The first kappa shape index (κ1) is 14.3. The summed E-state index contributed by atoms with van der Waals surface area (Å²) in [7, 11) is 0. The van der Waals surface area contributed by atoms with Gasteiger partial charge in [0.2, 0.25) is 0 Å². The van der Waals surface area contributed by atoms with E-state index in [9.17, 15) is 8.78 Å². The van der Waals surface area contributed by atoms with Gasteiger partial charge in [0.25, 0.3) is 0 Å². The summed E-state index contributed by atoms with van der Waals surface area (Å²) in [6, 6.07) is 7.68. The lowest BCUT2D eigenvalue weighted by Gasteiger charge is -2.09. The summed E-state index contributed by atoms with van der Waals surface area (Å²) in [5.41, 5.74) is 6.34. The van der Waals surface area contributed by atoms with E-state index in [1.165, 1.54) is 23.9 Å². The zero-order valence-electron chi connectivity index (χ0n) is 10.5. The van der Waals surface area contributed by atoms with E-state index in [4.69, 9.17) is 5.73 Å². The molecule has 20 heavy (non-hydrogen) atoms. The van der Waals surface area contributed by atoms with E-state index in [2.05, 4.69) is 20.0 Å². The smallest absolute Gasteiger partial charge is 0.387 e. The molecule has 0 aliphatic carbocycles. The Bertz CT molecular complexity index is 580. The number of nitrogen functional groups attached to an aromatic ring is 1. The van der Waals surface area contributed by atoms with Gasteiger partial charge in [0.05, 0.1) is 0 Å². The van der Waals surface area contributed by atoms with Gasteiger partial charge in [0.15, 0.2) is 5.16 Å². The number of rotatable bonds is 5. The van der Waals surface area contributed by atoms with Crippen molar-refractivity contribution in [3.63, 3.8) is 0 Å². The normalized spacial score (nSPS) is 10.6. The van der Waals surface area contributed by atoms with E-state index in [1.54, 1.807) is 18.2 Å². The van der Waals surface area contributed by atoms with Gasteiger partial charge in [0.1, 0.15) is 17.4 Å². The number of nitrogens with two attached hydrogens (primary N) is 1. The Kier molecular flexibility index (Phi) is 4.57. The van der Waals surface area contributed by atoms with Crippen molar-refractivity contribution in [1.29, 1.82) is 0 Å². The summed E-state index contributed by atoms with van der Waals surface area (Å²) in [6.07, 6.45) is 1.84. The number of nitrogens with one attached hydrogen (secondary N) is 1. The van der Waals surface area contributed by atoms with E-state index in [0.717, 1.165) is 0 Å². The van der Waals surface area contributed by atoms with Gasteiger partial charge in [-0.05, 0) is 30.5 Å². The number of thioether (sulfide) groups is 1. The molecule has 2 aromatic rings. The predicted molar refractivity (Wildman–Crippen MR) is 74.6 cm³/mol. The average molecular weight is 298 g/mol. The first-order valence-electron chi connectivity index (χ1n) is 5.57. The van der Waals surface area contributed by atoms with Crippen LogP contribution in [0.2, 0.25) is 0 Å². The molecule has 0 aliphatic heterocycles. The standard InChI is InChI=1S/C12H12F2N4OS/c1-20-12-17-9(15)6-10(18-12)16-7-2-4-8(5-3-7)19-11(13)14/h2-6,11H,1H3,(H3,15,16,17,18). The lowest BCUT2D eigenvalue weighted by Crippen LogP contribution is -2.02. The molecule has 2 rings (SSSR count). The third-order valence-electron chi connectivity index (χ3n) is 2.26. The van der Waals surface area contributed by atoms with Gasteiger partial charge in [-0.25, -0.2) is 9.97 Å². The van der Waals surface area contributed by atoms with Crippen molar-refractivity contribution in [2.75, 3.05) is 17.3 Å². The molecule has 0 amide bonds. The third-order valence-corrected chi connectivity index (χ3v) is 2.81. The van der Waals surface area contributed by atoms with Crippen molar-refractivity contribution in [3.8, 4) is 5.75 Å². The van der Waals surface area contributed by atoms with Crippen molar-refractivity contribution in [2.24, 2.45) is 0 Å². The number of hydrogen-bond acceptors (Lipinski definition) is 6. The highest BCUT2D eigenvalue weighted by molar-refractivity contribution is 7.98. The van der Waals surface area contributed by atoms with Crippen LogP contribution >= 0.6 is 11.8 Å². The number of halogens is 2. The second kappa shape index (κ2) is 6.38. The zero-order valence-corrected chi connectivity index (χ0v) is 11.3. The first-order valence-corrected chi connectivity index (χ1v) is 6.80. The minimum absolute atomic E-state index is 0.0950. The van der Waals surface area contributed by atoms with Crippen molar-refractivity contribution < 1.29 is 13.5 Å². The Morgan fingerprint density at radius 1 is 1.25 bits per heavy atom. The second-order valence-corrected chi connectivity index (χ2v) is 4.47. The van der Waals surface area contributed by atoms with E-state index < -0.39 is 6.61 Å². The molecule has 0 fully saturated rings. The Hall–Kier alpha value is -2.09. The van der Waals surface area contributed by atoms with Gasteiger partial charge < -0.3 is 15.8 Å². The highest BCUT2D eigenvalue weighted by Gasteiger charge is 2.05. The van der Waals surface area contributed by atoms with Gasteiger partial charge in [-0.3, -0.25) is 0 Å². The maximum absolute atomic E-state index is 12.0. The van der Waals surface area contributed by atoms with E-state index in [-0.39, 0.29) is 5.75 Å². The summed E-state index contributed by atoms with van der Waals surface area (Å²) in [6.45, 7) is -2.83. The number of ether oxygens (including phenoxy) is 1. The van der Waals surface area contributed by atoms with Crippen LogP contribution in [0, 0.1) is 0 Å². The maximum Gasteiger partial charge on any atom is 0.387 e. The van der Waals surface area contributed by atoms with Crippen LogP contribution in [-0.2, 0) is 0 Å². The molecule has 0 bridgehead atoms. The summed E-state index contributed by atoms with van der Waals surface area (Å²) in [5, 5.41) is 3.56. The maximum atomic E-state index is 12.0. The first-order chi connectivity index (χ1) is 9.56. The van der Waals surface area contributed by atoms with E-state index in [0.29, 0.717) is 22.5 Å². The Morgan fingerprint density at radius 3 is 2.55 bits per heavy atom. The van der Waals surface area contributed by atoms with Crippen molar-refractivity contribution in [1.82, 2.24) is 9.97 Å². The van der Waals surface area contributed by atoms with Crippen molar-refractivity contribution >= 4 is 29.1 Å². The second-order valence-electron chi connectivity index (χ2n) is 3.69. The molecule has 0 aliphatic rings. The third kappa shape index (κ3) is 3.95. The van der Waals surface area contributed by atoms with Crippen LogP contribution in [-0.4, -0.2) is 22.8 Å². The fourth-order valence-electron chi connectivity index (χ4n) is 1.47. The molecule has 0 saturated heterocycles. The quantitative estimate of drug-likeness (QED) is 0.652. The number of alkyl halides is 2. The van der Waals surface area contributed by atoms with Crippen LogP contribution in [0.5, 0.6) is 5.75 Å². The molecule has 3 N–H and O–H groups in total. The highest BCUT2D eigenvalue weighted by Crippen LogP contribution is 2.22. The fourth-order valence-corrected chi connectivity index (χ4v) is 1.85. The summed E-state index contributed by atoms with van der Waals surface area (Å²) >= 11 is 1.37. The zero-order chi connectivity index (χ0) is 14.5. The summed E-state index contributed by atoms with van der Waals surface area (Å²) in [4.78, 5) is 8.25. The minimum Gasteiger partial charge on any atom is -0.435 e. The van der Waals surface area contributed by atoms with Gasteiger partial charge in [0, 0.05) is 11.8 Å². The van der Waals surface area contributed by atoms with Crippen LogP contribution in [0.1, 0.15) is 0 Å². The van der Waals surface area contributed by atoms with Crippen LogP contribution in [0.15, 0.2) is 35.5 Å². The fraction of sp³-hybridized carbons (Fsp3) is 0.167. The topological polar surface area (TPSA) is 73.1 Å². The lowest BCUT2D eigenvalue weighted by atomic mass is 10.3. The lowest BCUT2D eigenvalue weighted by molar-refractivity contribution is -0.0498. The van der Waals surface area contributed by atoms with Crippen molar-refractivity contribution in [2.45, 2.75) is 11.8 Å². The largest absolute Gasteiger partial charge is 0.435 e. The molecule has 8 heteroatoms. The number of anilines is 3. The summed E-state index contributed by atoms with van der Waals surface area (Å²) in [5.74, 6) is 0.978. The number of nitrogens with zero attached hydrogens (tertiary/aromatic N) is 2. The van der Waals surface area contributed by atoms with Crippen molar-refractivity contribution in [3.05, 3.63) is 30.3 Å². The average Bonchev–Trinajstić information content (AvgIpc) is 2.39. The molecule has 106 valence electrons. The molecule has 0 unspecified atom stereocenters.